The topological polar surface area (TPSA) is 26.0 Å². The van der Waals surface area contributed by atoms with Gasteiger partial charge in [0.05, 0.1) is 0 Å². The second kappa shape index (κ2) is 5.83. The highest BCUT2D eigenvalue weighted by Crippen LogP contribution is 2.01. The lowest BCUT2D eigenvalue weighted by Gasteiger charge is -2.05. The molecule has 0 aliphatic carbocycles. The van der Waals surface area contributed by atoms with Crippen LogP contribution in [0.15, 0.2) is 12.7 Å². The maximum absolute atomic E-state index is 5.70. The van der Waals surface area contributed by atoms with Gasteiger partial charge < -0.3 is 5.73 Å². The highest BCUT2D eigenvalue weighted by atomic mass is 14.6. The van der Waals surface area contributed by atoms with Crippen LogP contribution in [-0.4, -0.2) is 6.04 Å². The molecule has 9 heavy (non-hydrogen) atoms. The van der Waals surface area contributed by atoms with Crippen molar-refractivity contribution in [1.29, 1.82) is 0 Å². The van der Waals surface area contributed by atoms with Gasteiger partial charge in [0.1, 0.15) is 0 Å². The Balaban J connectivity index is 3.04. The van der Waals surface area contributed by atoms with Crippen molar-refractivity contribution in [3.8, 4) is 0 Å². The molecular weight excluding hydrogens is 110 g/mol. The minimum absolute atomic E-state index is 0.349. The first-order valence-corrected chi connectivity index (χ1v) is 3.67. The molecule has 0 rings (SSSR count). The third-order valence-corrected chi connectivity index (χ3v) is 1.40. The zero-order valence-corrected chi connectivity index (χ0v) is 6.27. The van der Waals surface area contributed by atoms with Gasteiger partial charge in [0.2, 0.25) is 0 Å². The van der Waals surface area contributed by atoms with E-state index in [2.05, 4.69) is 13.5 Å². The molecule has 0 aromatic heterocycles. The number of nitrogens with two attached hydrogens (primary N) is 1. The Morgan fingerprint density at radius 2 is 2.33 bits per heavy atom. The first-order chi connectivity index (χ1) is 4.31. The van der Waals surface area contributed by atoms with Crippen LogP contribution >= 0.6 is 0 Å². The standard InChI is InChI=1S/C8H17N/c1-3-5-7-8(9)6-4-2/h4,8H,2-3,5-7,9H2,1H3. The first-order valence-electron chi connectivity index (χ1n) is 3.67. The molecule has 0 amide bonds. The Kier molecular flexibility index (Phi) is 5.64. The number of hydrogen-bond donors (Lipinski definition) is 1. The molecule has 2 N–H and O–H groups in total. The minimum Gasteiger partial charge on any atom is -0.327 e. The molecule has 1 unspecified atom stereocenters. The summed E-state index contributed by atoms with van der Waals surface area (Å²) in [6.45, 7) is 5.81. The Labute approximate surface area is 57.9 Å². The van der Waals surface area contributed by atoms with Crippen molar-refractivity contribution in [2.24, 2.45) is 5.73 Å². The van der Waals surface area contributed by atoms with Gasteiger partial charge in [-0.05, 0) is 12.8 Å². The zero-order chi connectivity index (χ0) is 7.11. The Hall–Kier alpha value is -0.300. The second-order valence-electron chi connectivity index (χ2n) is 2.43. The van der Waals surface area contributed by atoms with Crippen molar-refractivity contribution in [1.82, 2.24) is 0 Å². The van der Waals surface area contributed by atoms with Crippen molar-refractivity contribution in [2.45, 2.75) is 38.6 Å². The van der Waals surface area contributed by atoms with Crippen LogP contribution in [0.4, 0.5) is 0 Å². The summed E-state index contributed by atoms with van der Waals surface area (Å²) in [6.07, 6.45) is 6.47. The molecule has 0 radical (unpaired) electrons. The fourth-order valence-corrected chi connectivity index (χ4v) is 0.798. The van der Waals surface area contributed by atoms with Gasteiger partial charge in [-0.1, -0.05) is 25.8 Å². The van der Waals surface area contributed by atoms with E-state index >= 15 is 0 Å². The predicted molar refractivity (Wildman–Crippen MR) is 42.3 cm³/mol. The second-order valence-corrected chi connectivity index (χ2v) is 2.43. The summed E-state index contributed by atoms with van der Waals surface area (Å²) in [5.74, 6) is 0. The van der Waals surface area contributed by atoms with E-state index in [9.17, 15) is 0 Å². The summed E-state index contributed by atoms with van der Waals surface area (Å²) < 4.78 is 0. The summed E-state index contributed by atoms with van der Waals surface area (Å²) in [6, 6.07) is 0.349. The van der Waals surface area contributed by atoms with Crippen LogP contribution in [0.2, 0.25) is 0 Å². The number of rotatable bonds is 5. The molecule has 1 heteroatoms. The molecule has 1 atom stereocenters. The van der Waals surface area contributed by atoms with E-state index in [0.717, 1.165) is 12.8 Å². The fraction of sp³-hybridized carbons (Fsp3) is 0.750. The molecule has 0 bridgehead atoms. The van der Waals surface area contributed by atoms with E-state index in [4.69, 9.17) is 5.73 Å². The third-order valence-electron chi connectivity index (χ3n) is 1.40. The molecule has 54 valence electrons. The Bertz CT molecular complexity index is 69.0. The SMILES string of the molecule is C=CCC(N)CCCC. The van der Waals surface area contributed by atoms with Crippen molar-refractivity contribution in [2.75, 3.05) is 0 Å². The molecule has 0 aromatic rings. The predicted octanol–water partition coefficient (Wildman–Crippen LogP) is 2.08. The van der Waals surface area contributed by atoms with Crippen LogP contribution in [0.3, 0.4) is 0 Å². The van der Waals surface area contributed by atoms with Gasteiger partial charge in [-0.15, -0.1) is 6.58 Å². The molecular formula is C8H17N. The largest absolute Gasteiger partial charge is 0.327 e. The molecule has 0 aliphatic heterocycles. The Morgan fingerprint density at radius 1 is 1.67 bits per heavy atom. The molecule has 0 aliphatic rings. The normalized spacial score (nSPS) is 13.1. The fourth-order valence-electron chi connectivity index (χ4n) is 0.798. The van der Waals surface area contributed by atoms with Crippen molar-refractivity contribution in [3.63, 3.8) is 0 Å². The number of unbranched alkanes of at least 4 members (excludes halogenated alkanes) is 1. The molecule has 0 fully saturated rings. The van der Waals surface area contributed by atoms with Crippen LogP contribution in [0.5, 0.6) is 0 Å². The maximum Gasteiger partial charge on any atom is 0.00733 e. The lowest BCUT2D eigenvalue weighted by atomic mass is 10.1. The van der Waals surface area contributed by atoms with Crippen LogP contribution in [0, 0.1) is 0 Å². The molecule has 0 aromatic carbocycles. The van der Waals surface area contributed by atoms with Gasteiger partial charge >= 0.3 is 0 Å². The molecule has 0 saturated carbocycles. The average Bonchev–Trinajstić information content (AvgIpc) is 1.85. The van der Waals surface area contributed by atoms with E-state index in [1.807, 2.05) is 6.08 Å². The van der Waals surface area contributed by atoms with E-state index in [1.165, 1.54) is 12.8 Å². The van der Waals surface area contributed by atoms with Crippen molar-refractivity contribution >= 4 is 0 Å². The van der Waals surface area contributed by atoms with Gasteiger partial charge in [0, 0.05) is 6.04 Å². The lowest BCUT2D eigenvalue weighted by molar-refractivity contribution is 0.582. The van der Waals surface area contributed by atoms with Crippen LogP contribution in [0.25, 0.3) is 0 Å². The van der Waals surface area contributed by atoms with Crippen LogP contribution < -0.4 is 5.73 Å². The van der Waals surface area contributed by atoms with Gasteiger partial charge in [-0.3, -0.25) is 0 Å². The summed E-state index contributed by atoms with van der Waals surface area (Å²) >= 11 is 0. The summed E-state index contributed by atoms with van der Waals surface area (Å²) in [5.41, 5.74) is 5.70. The van der Waals surface area contributed by atoms with Gasteiger partial charge in [-0.25, -0.2) is 0 Å². The highest BCUT2D eigenvalue weighted by Gasteiger charge is 1.96. The first kappa shape index (κ1) is 8.70. The van der Waals surface area contributed by atoms with Crippen molar-refractivity contribution in [3.05, 3.63) is 12.7 Å². The Morgan fingerprint density at radius 3 is 2.78 bits per heavy atom. The van der Waals surface area contributed by atoms with Gasteiger partial charge in [-0.2, -0.15) is 0 Å². The summed E-state index contributed by atoms with van der Waals surface area (Å²) in [4.78, 5) is 0. The number of hydrogen-bond acceptors (Lipinski definition) is 1. The van der Waals surface area contributed by atoms with E-state index in [1.54, 1.807) is 0 Å². The zero-order valence-electron chi connectivity index (χ0n) is 6.27. The van der Waals surface area contributed by atoms with E-state index in [0.29, 0.717) is 6.04 Å². The van der Waals surface area contributed by atoms with Gasteiger partial charge in [0.15, 0.2) is 0 Å². The van der Waals surface area contributed by atoms with Crippen LogP contribution in [-0.2, 0) is 0 Å². The monoisotopic (exact) mass is 127 g/mol. The average molecular weight is 127 g/mol. The van der Waals surface area contributed by atoms with E-state index < -0.39 is 0 Å². The summed E-state index contributed by atoms with van der Waals surface area (Å²) in [5, 5.41) is 0. The highest BCUT2D eigenvalue weighted by molar-refractivity contribution is 4.74. The maximum atomic E-state index is 5.70. The minimum atomic E-state index is 0.349. The summed E-state index contributed by atoms with van der Waals surface area (Å²) in [7, 11) is 0. The molecule has 0 heterocycles. The third kappa shape index (κ3) is 5.57. The lowest BCUT2D eigenvalue weighted by Crippen LogP contribution is -2.18. The van der Waals surface area contributed by atoms with Gasteiger partial charge in [0.25, 0.3) is 0 Å². The molecule has 1 nitrogen and oxygen atoms in total. The van der Waals surface area contributed by atoms with E-state index in [-0.39, 0.29) is 0 Å². The quantitative estimate of drug-likeness (QED) is 0.562. The molecule has 0 saturated heterocycles. The smallest absolute Gasteiger partial charge is 0.00733 e. The van der Waals surface area contributed by atoms with Crippen molar-refractivity contribution < 1.29 is 0 Å². The van der Waals surface area contributed by atoms with Crippen LogP contribution in [0.1, 0.15) is 32.6 Å². The molecule has 0 spiro atoms.